The summed E-state index contributed by atoms with van der Waals surface area (Å²) in [6.07, 6.45) is 4.36. The van der Waals surface area contributed by atoms with Gasteiger partial charge in [-0.15, -0.1) is 12.4 Å². The Labute approximate surface area is 199 Å². The van der Waals surface area contributed by atoms with E-state index in [0.717, 1.165) is 4.68 Å². The molecule has 3 aromatic heterocycles. The normalized spacial score (nSPS) is 11.4. The Balaban J connectivity index is 0.00000306. The summed E-state index contributed by atoms with van der Waals surface area (Å²) >= 11 is 5.98. The van der Waals surface area contributed by atoms with Crippen molar-refractivity contribution in [2.75, 3.05) is 0 Å². The summed E-state index contributed by atoms with van der Waals surface area (Å²) in [5, 5.41) is 7.70. The van der Waals surface area contributed by atoms with E-state index < -0.39 is 23.5 Å². The number of hydrogen-bond acceptors (Lipinski definition) is 5. The highest BCUT2D eigenvalue weighted by molar-refractivity contribution is 6.30. The minimum absolute atomic E-state index is 0. The van der Waals surface area contributed by atoms with E-state index >= 15 is 0 Å². The van der Waals surface area contributed by atoms with E-state index in [1.807, 2.05) is 0 Å². The zero-order valence-corrected chi connectivity index (χ0v) is 18.8. The molecule has 0 spiro atoms. The molecule has 1 N–H and O–H groups in total. The second-order valence-corrected chi connectivity index (χ2v) is 7.42. The molecule has 1 aromatic carbocycles. The Morgan fingerprint density at radius 1 is 1.12 bits per heavy atom. The number of halogens is 3. The first-order valence-electron chi connectivity index (χ1n) is 9.65. The highest BCUT2D eigenvalue weighted by atomic mass is 35.5. The second kappa shape index (κ2) is 10.3. The minimum Gasteiger partial charge on any atom is -0.345 e. The first-order valence-corrected chi connectivity index (χ1v) is 10.0. The molecule has 0 fully saturated rings. The first-order chi connectivity index (χ1) is 15.4. The van der Waals surface area contributed by atoms with E-state index in [4.69, 9.17) is 11.6 Å². The van der Waals surface area contributed by atoms with Crippen molar-refractivity contribution in [2.45, 2.75) is 13.0 Å². The third-order valence-corrected chi connectivity index (χ3v) is 5.04. The molecule has 0 aliphatic carbocycles. The Morgan fingerprint density at radius 2 is 1.88 bits per heavy atom. The van der Waals surface area contributed by atoms with Crippen molar-refractivity contribution >= 4 is 29.9 Å². The van der Waals surface area contributed by atoms with Crippen LogP contribution in [-0.4, -0.2) is 25.7 Å². The summed E-state index contributed by atoms with van der Waals surface area (Å²) in [5.41, 5.74) is 1.27. The quantitative estimate of drug-likeness (QED) is 0.423. The van der Waals surface area contributed by atoms with Crippen LogP contribution in [0.3, 0.4) is 0 Å². The van der Waals surface area contributed by atoms with Crippen LogP contribution in [0.1, 0.15) is 28.9 Å². The maximum Gasteiger partial charge on any atom is 0.284 e. The monoisotopic (exact) mass is 485 g/mol. The SMILES string of the molecule is CC(NC(=O)c1cc(-c2ccc(Cl)cc2)nn(-c2cccnc2)c1=O)c1ccnc(F)c1.Cl. The molecule has 3 heterocycles. The fourth-order valence-corrected chi connectivity index (χ4v) is 3.24. The van der Waals surface area contributed by atoms with Crippen molar-refractivity contribution in [1.82, 2.24) is 25.1 Å². The molecule has 7 nitrogen and oxygen atoms in total. The van der Waals surface area contributed by atoms with Gasteiger partial charge >= 0.3 is 0 Å². The van der Waals surface area contributed by atoms with E-state index in [0.29, 0.717) is 27.5 Å². The number of rotatable bonds is 5. The van der Waals surface area contributed by atoms with Gasteiger partial charge in [0.05, 0.1) is 23.6 Å². The van der Waals surface area contributed by atoms with Crippen LogP contribution in [0.25, 0.3) is 16.9 Å². The van der Waals surface area contributed by atoms with Gasteiger partial charge in [0.1, 0.15) is 5.56 Å². The van der Waals surface area contributed by atoms with Gasteiger partial charge in [0.15, 0.2) is 0 Å². The van der Waals surface area contributed by atoms with Crippen molar-refractivity contribution in [3.8, 4) is 16.9 Å². The van der Waals surface area contributed by atoms with Gasteiger partial charge in [-0.2, -0.15) is 14.2 Å². The van der Waals surface area contributed by atoms with E-state index in [9.17, 15) is 14.0 Å². The van der Waals surface area contributed by atoms with Gasteiger partial charge in [-0.3, -0.25) is 14.6 Å². The van der Waals surface area contributed by atoms with Crippen LogP contribution in [0.5, 0.6) is 0 Å². The topological polar surface area (TPSA) is 89.8 Å². The lowest BCUT2D eigenvalue weighted by Gasteiger charge is -2.15. The number of hydrogen-bond donors (Lipinski definition) is 1. The molecular weight excluding hydrogens is 468 g/mol. The van der Waals surface area contributed by atoms with Gasteiger partial charge in [-0.25, -0.2) is 4.98 Å². The molecule has 0 aliphatic rings. The van der Waals surface area contributed by atoms with Crippen molar-refractivity contribution < 1.29 is 9.18 Å². The average molecular weight is 486 g/mol. The molecule has 0 bridgehead atoms. The van der Waals surface area contributed by atoms with Crippen LogP contribution in [0.15, 0.2) is 78.0 Å². The average Bonchev–Trinajstić information content (AvgIpc) is 2.80. The Bertz CT molecular complexity index is 1330. The maximum atomic E-state index is 13.5. The van der Waals surface area contributed by atoms with Crippen molar-refractivity contribution in [3.63, 3.8) is 0 Å². The van der Waals surface area contributed by atoms with E-state index in [1.165, 1.54) is 24.5 Å². The lowest BCUT2D eigenvalue weighted by molar-refractivity contribution is 0.0937. The predicted octanol–water partition coefficient (Wildman–Crippen LogP) is 4.39. The van der Waals surface area contributed by atoms with Crippen LogP contribution in [0.2, 0.25) is 5.02 Å². The molecule has 1 amide bonds. The third kappa shape index (κ3) is 5.42. The van der Waals surface area contributed by atoms with Crippen molar-refractivity contribution in [3.05, 3.63) is 106 Å². The van der Waals surface area contributed by atoms with Crippen LogP contribution >= 0.6 is 24.0 Å². The lowest BCUT2D eigenvalue weighted by Crippen LogP contribution is -2.35. The van der Waals surface area contributed by atoms with Gasteiger partial charge in [0.25, 0.3) is 11.5 Å². The number of nitrogens with zero attached hydrogens (tertiary/aromatic N) is 4. The molecule has 33 heavy (non-hydrogen) atoms. The van der Waals surface area contributed by atoms with Crippen LogP contribution in [0, 0.1) is 5.95 Å². The largest absolute Gasteiger partial charge is 0.345 e. The summed E-state index contributed by atoms with van der Waals surface area (Å²) in [7, 11) is 0. The van der Waals surface area contributed by atoms with Crippen LogP contribution < -0.4 is 10.9 Å². The zero-order valence-electron chi connectivity index (χ0n) is 17.3. The summed E-state index contributed by atoms with van der Waals surface area (Å²) in [4.78, 5) is 33.7. The molecule has 10 heteroatoms. The van der Waals surface area contributed by atoms with Gasteiger partial charge in [0.2, 0.25) is 5.95 Å². The van der Waals surface area contributed by atoms with Crippen LogP contribution in [-0.2, 0) is 0 Å². The number of benzene rings is 1. The Kier molecular flexibility index (Phi) is 7.52. The van der Waals surface area contributed by atoms with E-state index in [1.54, 1.807) is 55.6 Å². The summed E-state index contributed by atoms with van der Waals surface area (Å²) < 4.78 is 14.6. The molecule has 4 aromatic rings. The number of nitrogens with one attached hydrogen (secondary N) is 1. The maximum absolute atomic E-state index is 13.5. The number of carbonyl (C=O) groups is 1. The molecule has 1 unspecified atom stereocenters. The molecule has 0 saturated heterocycles. The fraction of sp³-hybridized carbons (Fsp3) is 0.0870. The molecule has 168 valence electrons. The highest BCUT2D eigenvalue weighted by Gasteiger charge is 2.20. The molecule has 1 atom stereocenters. The van der Waals surface area contributed by atoms with Crippen LogP contribution in [0.4, 0.5) is 4.39 Å². The summed E-state index contributed by atoms with van der Waals surface area (Å²) in [5.74, 6) is -1.27. The van der Waals surface area contributed by atoms with Gasteiger partial charge in [0, 0.05) is 23.0 Å². The third-order valence-electron chi connectivity index (χ3n) is 4.78. The Morgan fingerprint density at radius 3 is 2.55 bits per heavy atom. The molecule has 0 aliphatic heterocycles. The van der Waals surface area contributed by atoms with E-state index in [-0.39, 0.29) is 18.0 Å². The summed E-state index contributed by atoms with van der Waals surface area (Å²) in [6.45, 7) is 1.69. The fourth-order valence-electron chi connectivity index (χ4n) is 3.12. The first kappa shape index (κ1) is 24.0. The Hall–Kier alpha value is -3.62. The lowest BCUT2D eigenvalue weighted by atomic mass is 10.1. The standard InChI is InChI=1S/C23H17ClFN5O2.ClH/c1-14(16-8-10-27-21(25)11-16)28-22(31)19-12-20(15-4-6-17(24)7-5-15)29-30(23(19)32)18-3-2-9-26-13-18;/h2-14H,1H3,(H,28,31);1H. The van der Waals surface area contributed by atoms with Crippen molar-refractivity contribution in [2.24, 2.45) is 0 Å². The highest BCUT2D eigenvalue weighted by Crippen LogP contribution is 2.21. The number of amides is 1. The summed E-state index contributed by atoms with van der Waals surface area (Å²) in [6, 6.07) is 13.9. The second-order valence-electron chi connectivity index (χ2n) is 6.99. The molecule has 0 radical (unpaired) electrons. The van der Waals surface area contributed by atoms with Gasteiger partial charge in [-0.1, -0.05) is 23.7 Å². The van der Waals surface area contributed by atoms with Gasteiger partial charge in [-0.05, 0) is 55.0 Å². The zero-order chi connectivity index (χ0) is 22.7. The van der Waals surface area contributed by atoms with Crippen molar-refractivity contribution in [1.29, 1.82) is 0 Å². The smallest absolute Gasteiger partial charge is 0.284 e. The van der Waals surface area contributed by atoms with Gasteiger partial charge < -0.3 is 5.32 Å². The molecular formula is C23H18Cl2FN5O2. The molecule has 0 saturated carbocycles. The molecule has 4 rings (SSSR count). The number of carbonyl (C=O) groups excluding carboxylic acids is 1. The van der Waals surface area contributed by atoms with E-state index in [2.05, 4.69) is 20.4 Å². The number of aromatic nitrogens is 4. The number of pyridine rings is 2. The minimum atomic E-state index is -0.656. The predicted molar refractivity (Wildman–Crippen MR) is 125 cm³/mol.